The standard InChI is InChI=1S/C12H15NSi/c1-14(2,3)12-9-8-10-6-4-5-7-11(10)13-12/h4-9H,1-3H3. The van der Waals surface area contributed by atoms with Crippen LogP contribution in [0.25, 0.3) is 10.9 Å². The van der Waals surface area contributed by atoms with Crippen molar-refractivity contribution >= 4 is 24.3 Å². The summed E-state index contributed by atoms with van der Waals surface area (Å²) >= 11 is 0. The molecule has 0 bridgehead atoms. The number of benzene rings is 1. The van der Waals surface area contributed by atoms with Crippen LogP contribution in [0.3, 0.4) is 0 Å². The molecule has 0 aliphatic carbocycles. The van der Waals surface area contributed by atoms with Gasteiger partial charge in [-0.25, -0.2) is 0 Å². The van der Waals surface area contributed by atoms with E-state index < -0.39 is 8.07 Å². The fourth-order valence-corrected chi connectivity index (χ4v) is 2.52. The third kappa shape index (κ3) is 1.70. The minimum Gasteiger partial charge on any atom is -0.258 e. The van der Waals surface area contributed by atoms with Crippen molar-refractivity contribution in [3.05, 3.63) is 36.4 Å². The zero-order valence-corrected chi connectivity index (χ0v) is 9.91. The van der Waals surface area contributed by atoms with Gasteiger partial charge in [-0.05, 0) is 12.1 Å². The fraction of sp³-hybridized carbons (Fsp3) is 0.250. The van der Waals surface area contributed by atoms with Crippen molar-refractivity contribution in [2.45, 2.75) is 19.6 Å². The molecule has 2 rings (SSSR count). The smallest absolute Gasteiger partial charge is 0.101 e. The second-order valence-corrected chi connectivity index (χ2v) is 9.65. The van der Waals surface area contributed by atoms with Crippen LogP contribution in [0.15, 0.2) is 36.4 Å². The monoisotopic (exact) mass is 201 g/mol. The Balaban J connectivity index is 2.63. The zero-order valence-electron chi connectivity index (χ0n) is 8.91. The van der Waals surface area contributed by atoms with Gasteiger partial charge < -0.3 is 0 Å². The second-order valence-electron chi connectivity index (χ2n) is 4.64. The third-order valence-corrected chi connectivity index (χ3v) is 4.18. The van der Waals surface area contributed by atoms with Crippen molar-refractivity contribution in [3.63, 3.8) is 0 Å². The number of aromatic nitrogens is 1. The quantitative estimate of drug-likeness (QED) is 0.647. The van der Waals surface area contributed by atoms with E-state index in [1.807, 2.05) is 6.07 Å². The van der Waals surface area contributed by atoms with Crippen LogP contribution in [0, 0.1) is 0 Å². The van der Waals surface area contributed by atoms with E-state index in [0.29, 0.717) is 0 Å². The van der Waals surface area contributed by atoms with Crippen LogP contribution in [-0.2, 0) is 0 Å². The van der Waals surface area contributed by atoms with Gasteiger partial charge in [-0.1, -0.05) is 43.9 Å². The molecule has 72 valence electrons. The Morgan fingerprint density at radius 2 is 1.64 bits per heavy atom. The summed E-state index contributed by atoms with van der Waals surface area (Å²) in [6, 6.07) is 12.6. The largest absolute Gasteiger partial charge is 0.258 e. The van der Waals surface area contributed by atoms with Gasteiger partial charge in [0.15, 0.2) is 0 Å². The van der Waals surface area contributed by atoms with Crippen LogP contribution < -0.4 is 5.32 Å². The van der Waals surface area contributed by atoms with E-state index >= 15 is 0 Å². The summed E-state index contributed by atoms with van der Waals surface area (Å²) in [7, 11) is -1.26. The van der Waals surface area contributed by atoms with Crippen molar-refractivity contribution in [2.75, 3.05) is 0 Å². The van der Waals surface area contributed by atoms with Gasteiger partial charge in [0.2, 0.25) is 0 Å². The van der Waals surface area contributed by atoms with Gasteiger partial charge in [-0.15, -0.1) is 0 Å². The minimum absolute atomic E-state index is 1.12. The molecular weight excluding hydrogens is 186 g/mol. The molecule has 1 aromatic heterocycles. The van der Waals surface area contributed by atoms with Gasteiger partial charge in [0.05, 0.1) is 5.52 Å². The van der Waals surface area contributed by atoms with Gasteiger partial charge in [0.1, 0.15) is 8.07 Å². The molecule has 0 spiro atoms. The Hall–Kier alpha value is -1.15. The summed E-state index contributed by atoms with van der Waals surface area (Å²) in [5.41, 5.74) is 1.12. The van der Waals surface area contributed by atoms with E-state index in [1.54, 1.807) is 0 Å². The average Bonchev–Trinajstić information content (AvgIpc) is 2.16. The highest BCUT2D eigenvalue weighted by Crippen LogP contribution is 2.10. The molecule has 0 radical (unpaired) electrons. The molecule has 2 aromatic rings. The lowest BCUT2D eigenvalue weighted by Crippen LogP contribution is -2.39. The molecule has 0 aliphatic heterocycles. The Bertz CT molecular complexity index is 457. The van der Waals surface area contributed by atoms with Crippen LogP contribution >= 0.6 is 0 Å². The summed E-state index contributed by atoms with van der Waals surface area (Å²) < 4.78 is 0. The Morgan fingerprint density at radius 1 is 0.929 bits per heavy atom. The highest BCUT2D eigenvalue weighted by atomic mass is 28.3. The lowest BCUT2D eigenvalue weighted by atomic mass is 10.2. The first-order valence-electron chi connectivity index (χ1n) is 4.94. The molecule has 1 heterocycles. The minimum atomic E-state index is -1.26. The van der Waals surface area contributed by atoms with E-state index in [9.17, 15) is 0 Å². The van der Waals surface area contributed by atoms with E-state index in [1.165, 1.54) is 10.7 Å². The molecule has 0 saturated heterocycles. The molecule has 0 saturated carbocycles. The molecule has 1 aromatic carbocycles. The third-order valence-electron chi connectivity index (χ3n) is 2.37. The summed E-state index contributed by atoms with van der Waals surface area (Å²) in [4.78, 5) is 4.71. The molecule has 0 unspecified atom stereocenters. The second kappa shape index (κ2) is 3.21. The maximum Gasteiger partial charge on any atom is 0.101 e. The Labute approximate surface area is 85.8 Å². The summed E-state index contributed by atoms with van der Waals surface area (Å²) in [5, 5.41) is 2.52. The van der Waals surface area contributed by atoms with Gasteiger partial charge in [0.25, 0.3) is 0 Å². The zero-order chi connectivity index (χ0) is 10.2. The SMILES string of the molecule is C[Si](C)(C)c1ccc2ccccc2n1. The maximum absolute atomic E-state index is 4.71. The van der Waals surface area contributed by atoms with Crippen LogP contribution in [0.5, 0.6) is 0 Å². The number of hydrogen-bond acceptors (Lipinski definition) is 1. The maximum atomic E-state index is 4.71. The van der Waals surface area contributed by atoms with E-state index in [2.05, 4.69) is 50.0 Å². The van der Waals surface area contributed by atoms with Crippen LogP contribution in [-0.4, -0.2) is 13.1 Å². The van der Waals surface area contributed by atoms with Crippen molar-refractivity contribution in [3.8, 4) is 0 Å². The first-order chi connectivity index (χ1) is 6.57. The van der Waals surface area contributed by atoms with Crippen molar-refractivity contribution in [2.24, 2.45) is 0 Å². The molecule has 0 N–H and O–H groups in total. The highest BCUT2D eigenvalue weighted by molar-refractivity contribution is 6.88. The molecule has 1 nitrogen and oxygen atoms in total. The van der Waals surface area contributed by atoms with Crippen LogP contribution in [0.4, 0.5) is 0 Å². The van der Waals surface area contributed by atoms with Gasteiger partial charge >= 0.3 is 0 Å². The Morgan fingerprint density at radius 3 is 2.36 bits per heavy atom. The topological polar surface area (TPSA) is 12.9 Å². The summed E-state index contributed by atoms with van der Waals surface area (Å²) in [6.45, 7) is 6.97. The fourth-order valence-electron chi connectivity index (χ4n) is 1.48. The first kappa shape index (κ1) is 9.40. The Kier molecular flexibility index (Phi) is 2.15. The van der Waals surface area contributed by atoms with Crippen LogP contribution in [0.2, 0.25) is 19.6 Å². The molecule has 2 heteroatoms. The molecule has 0 atom stereocenters. The number of hydrogen-bond donors (Lipinski definition) is 0. The molecule has 0 amide bonds. The van der Waals surface area contributed by atoms with Gasteiger partial charge in [0, 0.05) is 10.7 Å². The predicted molar refractivity (Wildman–Crippen MR) is 64.7 cm³/mol. The molecule has 0 aliphatic rings. The predicted octanol–water partition coefficient (Wildman–Crippen LogP) is 2.78. The molecule has 14 heavy (non-hydrogen) atoms. The number of rotatable bonds is 1. The van der Waals surface area contributed by atoms with Gasteiger partial charge in [-0.3, -0.25) is 4.98 Å². The summed E-state index contributed by atoms with van der Waals surface area (Å²) in [6.07, 6.45) is 0. The van der Waals surface area contributed by atoms with E-state index in [0.717, 1.165) is 5.52 Å². The van der Waals surface area contributed by atoms with Crippen molar-refractivity contribution in [1.29, 1.82) is 0 Å². The van der Waals surface area contributed by atoms with Crippen molar-refractivity contribution in [1.82, 2.24) is 4.98 Å². The highest BCUT2D eigenvalue weighted by Gasteiger charge is 2.17. The number of para-hydroxylation sites is 1. The lowest BCUT2D eigenvalue weighted by Gasteiger charge is -2.15. The summed E-state index contributed by atoms with van der Waals surface area (Å²) in [5.74, 6) is 0. The lowest BCUT2D eigenvalue weighted by molar-refractivity contribution is 1.44. The first-order valence-corrected chi connectivity index (χ1v) is 8.44. The number of pyridine rings is 1. The molecular formula is C12H15NSi. The number of fused-ring (bicyclic) bond motifs is 1. The van der Waals surface area contributed by atoms with E-state index in [-0.39, 0.29) is 0 Å². The number of nitrogens with zero attached hydrogens (tertiary/aromatic N) is 1. The average molecular weight is 201 g/mol. The normalized spacial score (nSPS) is 11.9. The van der Waals surface area contributed by atoms with Gasteiger partial charge in [-0.2, -0.15) is 0 Å². The molecule has 0 fully saturated rings. The van der Waals surface area contributed by atoms with Crippen LogP contribution in [0.1, 0.15) is 0 Å². The van der Waals surface area contributed by atoms with E-state index in [4.69, 9.17) is 4.98 Å². The van der Waals surface area contributed by atoms with Crippen molar-refractivity contribution < 1.29 is 0 Å².